The molecule has 1 aromatic heterocycles. The molecule has 21 heavy (non-hydrogen) atoms. The molecule has 0 aliphatic heterocycles. The highest BCUT2D eigenvalue weighted by Crippen LogP contribution is 2.28. The molecule has 3 rings (SSSR count). The van der Waals surface area contributed by atoms with Crippen molar-refractivity contribution in [3.05, 3.63) is 48.0 Å². The molecule has 0 spiro atoms. The van der Waals surface area contributed by atoms with Crippen molar-refractivity contribution < 1.29 is 4.79 Å². The Balaban J connectivity index is 0.000000282. The number of thiocarbonyl (C=S) groups is 1. The Morgan fingerprint density at radius 3 is 2.48 bits per heavy atom. The largest absolute Gasteiger partial charge is 0.344 e. The van der Waals surface area contributed by atoms with Gasteiger partial charge in [0.2, 0.25) is 0 Å². The first-order valence-corrected chi connectivity index (χ1v) is 7.06. The van der Waals surface area contributed by atoms with E-state index < -0.39 is 0 Å². The fourth-order valence-corrected chi connectivity index (χ4v) is 2.26. The SMILES string of the molecule is Cn1c2ccccc2c2cc(C=O)ccc21.NNC(=S)S. The molecule has 6 heteroatoms. The molecule has 1 heterocycles. The summed E-state index contributed by atoms with van der Waals surface area (Å²) in [6.45, 7) is 0. The number of hydrogen-bond donors (Lipinski definition) is 3. The average molecular weight is 317 g/mol. The van der Waals surface area contributed by atoms with Crippen molar-refractivity contribution in [1.82, 2.24) is 9.99 Å². The second-order valence-corrected chi connectivity index (χ2v) is 5.58. The number of hydrogen-bond acceptors (Lipinski definition) is 3. The van der Waals surface area contributed by atoms with E-state index in [1.165, 1.54) is 10.9 Å². The number of thiol groups is 1. The van der Waals surface area contributed by atoms with Gasteiger partial charge in [-0.25, -0.2) is 5.84 Å². The van der Waals surface area contributed by atoms with Crippen LogP contribution in [-0.2, 0) is 7.05 Å². The van der Waals surface area contributed by atoms with Crippen LogP contribution >= 0.6 is 24.8 Å². The van der Waals surface area contributed by atoms with Crippen LogP contribution in [0.3, 0.4) is 0 Å². The van der Waals surface area contributed by atoms with Crippen molar-refractivity contribution in [2.24, 2.45) is 12.9 Å². The third kappa shape index (κ3) is 3.24. The topological polar surface area (TPSA) is 60.0 Å². The van der Waals surface area contributed by atoms with Crippen LogP contribution in [0, 0.1) is 0 Å². The lowest BCUT2D eigenvalue weighted by Gasteiger charge is -1.96. The summed E-state index contributed by atoms with van der Waals surface area (Å²) in [7, 11) is 2.05. The maximum Gasteiger partial charge on any atom is 0.150 e. The number of nitrogens with one attached hydrogen (secondary N) is 1. The third-order valence-electron chi connectivity index (χ3n) is 3.20. The highest BCUT2D eigenvalue weighted by atomic mass is 32.1. The molecule has 3 aromatic rings. The van der Waals surface area contributed by atoms with Gasteiger partial charge in [-0.05, 0) is 24.3 Å². The lowest BCUT2D eigenvalue weighted by Crippen LogP contribution is -2.23. The van der Waals surface area contributed by atoms with E-state index in [9.17, 15) is 4.79 Å². The van der Waals surface area contributed by atoms with Crippen molar-refractivity contribution in [3.63, 3.8) is 0 Å². The summed E-state index contributed by atoms with van der Waals surface area (Å²) >= 11 is 7.92. The van der Waals surface area contributed by atoms with Gasteiger partial charge in [0, 0.05) is 34.4 Å². The number of aryl methyl sites for hydroxylation is 1. The first kappa shape index (κ1) is 15.5. The number of nitrogens with two attached hydrogens (primary N) is 1. The minimum Gasteiger partial charge on any atom is -0.344 e. The van der Waals surface area contributed by atoms with E-state index in [1.807, 2.05) is 37.4 Å². The van der Waals surface area contributed by atoms with E-state index in [4.69, 9.17) is 5.84 Å². The number of benzene rings is 2. The number of carbonyl (C=O) groups is 1. The van der Waals surface area contributed by atoms with Gasteiger partial charge in [0.1, 0.15) is 10.6 Å². The normalized spacial score (nSPS) is 10.0. The van der Waals surface area contributed by atoms with Crippen LogP contribution in [0.4, 0.5) is 0 Å². The van der Waals surface area contributed by atoms with Gasteiger partial charge in [-0.1, -0.05) is 30.4 Å². The summed E-state index contributed by atoms with van der Waals surface area (Å²) in [5.74, 6) is 4.70. The number of nitrogens with zero attached hydrogens (tertiary/aromatic N) is 1. The van der Waals surface area contributed by atoms with E-state index in [0.29, 0.717) is 4.32 Å². The van der Waals surface area contributed by atoms with Gasteiger partial charge >= 0.3 is 0 Å². The number of aromatic nitrogens is 1. The molecule has 0 unspecified atom stereocenters. The quantitative estimate of drug-likeness (QED) is 0.212. The van der Waals surface area contributed by atoms with Crippen LogP contribution in [0.5, 0.6) is 0 Å². The molecule has 0 saturated carbocycles. The maximum absolute atomic E-state index is 10.8. The van der Waals surface area contributed by atoms with E-state index >= 15 is 0 Å². The summed E-state index contributed by atoms with van der Waals surface area (Å²) in [5, 5.41) is 2.34. The lowest BCUT2D eigenvalue weighted by atomic mass is 10.1. The molecule has 4 nitrogen and oxygen atoms in total. The summed E-state index contributed by atoms with van der Waals surface area (Å²) in [6, 6.07) is 14.0. The number of rotatable bonds is 1. The van der Waals surface area contributed by atoms with Crippen molar-refractivity contribution in [2.75, 3.05) is 0 Å². The molecule has 0 fully saturated rings. The van der Waals surface area contributed by atoms with Crippen LogP contribution < -0.4 is 11.3 Å². The minimum atomic E-state index is 0.310. The molecule has 108 valence electrons. The Kier molecular flexibility index (Phi) is 4.95. The number of aldehydes is 1. The summed E-state index contributed by atoms with van der Waals surface area (Å²) in [6.07, 6.45) is 0.890. The Bertz CT molecular complexity index is 811. The number of hydrazine groups is 1. The van der Waals surface area contributed by atoms with Gasteiger partial charge < -0.3 is 9.99 Å². The van der Waals surface area contributed by atoms with Gasteiger partial charge in [0.15, 0.2) is 0 Å². The van der Waals surface area contributed by atoms with Gasteiger partial charge in [-0.15, -0.1) is 12.6 Å². The van der Waals surface area contributed by atoms with Crippen molar-refractivity contribution in [1.29, 1.82) is 0 Å². The fraction of sp³-hybridized carbons (Fsp3) is 0.0667. The zero-order valence-corrected chi connectivity index (χ0v) is 13.1. The van der Waals surface area contributed by atoms with Gasteiger partial charge in [0.25, 0.3) is 0 Å². The predicted molar refractivity (Wildman–Crippen MR) is 94.7 cm³/mol. The Hall–Kier alpha value is -1.89. The highest BCUT2D eigenvalue weighted by Gasteiger charge is 2.07. The average Bonchev–Trinajstić information content (AvgIpc) is 2.81. The van der Waals surface area contributed by atoms with Gasteiger partial charge in [-0.3, -0.25) is 4.79 Å². The smallest absolute Gasteiger partial charge is 0.150 e. The minimum absolute atomic E-state index is 0.310. The Morgan fingerprint density at radius 1 is 1.24 bits per heavy atom. The van der Waals surface area contributed by atoms with Crippen LogP contribution in [-0.4, -0.2) is 15.2 Å². The zero-order chi connectivity index (χ0) is 15.4. The van der Waals surface area contributed by atoms with Crippen molar-refractivity contribution >= 4 is 57.3 Å². The van der Waals surface area contributed by atoms with Crippen LogP contribution in [0.25, 0.3) is 21.8 Å². The van der Waals surface area contributed by atoms with Crippen LogP contribution in [0.15, 0.2) is 42.5 Å². The molecule has 0 radical (unpaired) electrons. The summed E-state index contributed by atoms with van der Waals surface area (Å²) < 4.78 is 2.46. The van der Waals surface area contributed by atoms with Gasteiger partial charge in [-0.2, -0.15) is 0 Å². The number of carbonyl (C=O) groups excluding carboxylic acids is 1. The first-order chi connectivity index (χ1) is 10.1. The number of fused-ring (bicyclic) bond motifs is 3. The predicted octanol–water partition coefficient (Wildman–Crippen LogP) is 2.81. The molecule has 3 N–H and O–H groups in total. The highest BCUT2D eigenvalue weighted by molar-refractivity contribution is 8.11. The molecule has 0 amide bonds. The summed E-state index contributed by atoms with van der Waals surface area (Å²) in [5.41, 5.74) is 5.20. The van der Waals surface area contributed by atoms with Crippen molar-refractivity contribution in [2.45, 2.75) is 0 Å². The van der Waals surface area contributed by atoms with E-state index in [2.05, 4.69) is 47.0 Å². The van der Waals surface area contributed by atoms with Gasteiger partial charge in [0.05, 0.1) is 0 Å². The molecule has 0 bridgehead atoms. The van der Waals surface area contributed by atoms with E-state index in [0.717, 1.165) is 22.8 Å². The van der Waals surface area contributed by atoms with E-state index in [1.54, 1.807) is 0 Å². The first-order valence-electron chi connectivity index (χ1n) is 6.20. The molecule has 0 atom stereocenters. The van der Waals surface area contributed by atoms with Crippen molar-refractivity contribution in [3.8, 4) is 0 Å². The monoisotopic (exact) mass is 317 g/mol. The zero-order valence-electron chi connectivity index (χ0n) is 11.4. The standard InChI is InChI=1S/C14H11NO.CH4N2S2/c1-15-13-5-3-2-4-11(13)12-8-10(9-16)6-7-14(12)15;2-3-1(4)5/h2-9H,1H3;2H2,(H2,3,4,5). The second-order valence-electron chi connectivity index (χ2n) is 4.42. The second kappa shape index (κ2) is 6.71. The molecule has 2 aromatic carbocycles. The third-order valence-corrected chi connectivity index (χ3v) is 3.44. The Labute approximate surface area is 133 Å². The molecule has 0 saturated heterocycles. The number of para-hydroxylation sites is 1. The fourth-order valence-electron chi connectivity index (χ4n) is 2.26. The molecular formula is C15H15N3OS2. The van der Waals surface area contributed by atoms with E-state index in [-0.39, 0.29) is 0 Å². The molecular weight excluding hydrogens is 302 g/mol. The Morgan fingerprint density at radius 2 is 1.86 bits per heavy atom. The molecule has 0 aliphatic carbocycles. The van der Waals surface area contributed by atoms with Crippen LogP contribution in [0.1, 0.15) is 10.4 Å². The molecule has 0 aliphatic rings. The van der Waals surface area contributed by atoms with Crippen LogP contribution in [0.2, 0.25) is 0 Å². The lowest BCUT2D eigenvalue weighted by molar-refractivity contribution is 0.112. The maximum atomic E-state index is 10.8. The summed E-state index contributed by atoms with van der Waals surface area (Å²) in [4.78, 5) is 10.8.